The number of piperidine rings is 1. The number of halogens is 2. The second-order valence-electron chi connectivity index (χ2n) is 7.71. The molecule has 9 heteroatoms. The number of primary amides is 1. The van der Waals surface area contributed by atoms with Gasteiger partial charge in [0.1, 0.15) is 17.7 Å². The first-order valence-corrected chi connectivity index (χ1v) is 10.9. The van der Waals surface area contributed by atoms with Crippen LogP contribution in [0.25, 0.3) is 0 Å². The fourth-order valence-corrected chi connectivity index (χ4v) is 3.54. The molecular formula is C22H37FIN5O2. The van der Waals surface area contributed by atoms with E-state index in [4.69, 9.17) is 10.5 Å². The van der Waals surface area contributed by atoms with Crippen LogP contribution in [0, 0.1) is 11.7 Å². The Labute approximate surface area is 202 Å². The molecule has 1 heterocycles. The fraction of sp³-hybridized carbons (Fsp3) is 0.636. The summed E-state index contributed by atoms with van der Waals surface area (Å²) in [6.45, 7) is 6.40. The molecular weight excluding hydrogens is 512 g/mol. The molecule has 0 aliphatic carbocycles. The first kappa shape index (κ1) is 27.4. The van der Waals surface area contributed by atoms with Crippen LogP contribution >= 0.6 is 24.0 Å². The van der Waals surface area contributed by atoms with Crippen molar-refractivity contribution in [2.24, 2.45) is 16.6 Å². The van der Waals surface area contributed by atoms with E-state index in [9.17, 15) is 9.18 Å². The molecule has 7 nitrogen and oxygen atoms in total. The number of aliphatic imine (C=N–C) groups is 1. The molecule has 176 valence electrons. The van der Waals surface area contributed by atoms with E-state index in [1.165, 1.54) is 12.1 Å². The highest BCUT2D eigenvalue weighted by atomic mass is 127. The highest BCUT2D eigenvalue weighted by Gasteiger charge is 2.22. The van der Waals surface area contributed by atoms with Crippen molar-refractivity contribution >= 4 is 35.8 Å². The second kappa shape index (κ2) is 15.2. The minimum absolute atomic E-state index is 0. The number of likely N-dealkylation sites (tertiary alicyclic amines) is 1. The first-order valence-electron chi connectivity index (χ1n) is 10.9. The Morgan fingerprint density at radius 2 is 2.06 bits per heavy atom. The summed E-state index contributed by atoms with van der Waals surface area (Å²) < 4.78 is 19.2. The highest BCUT2D eigenvalue weighted by molar-refractivity contribution is 14.0. The van der Waals surface area contributed by atoms with Gasteiger partial charge in [0.2, 0.25) is 5.91 Å². The number of benzene rings is 1. The lowest BCUT2D eigenvalue weighted by molar-refractivity contribution is -0.123. The second-order valence-corrected chi connectivity index (χ2v) is 7.71. The maximum absolute atomic E-state index is 13.3. The zero-order chi connectivity index (χ0) is 21.8. The Balaban J connectivity index is 0.00000480. The number of carbonyl (C=O) groups is 1. The minimum Gasteiger partial charge on any atom is -0.489 e. The molecule has 1 aromatic carbocycles. The normalized spacial score (nSPS) is 16.3. The van der Waals surface area contributed by atoms with Crippen LogP contribution in [-0.4, -0.2) is 62.6 Å². The lowest BCUT2D eigenvalue weighted by atomic mass is 9.96. The van der Waals surface area contributed by atoms with Crippen LogP contribution in [-0.2, 0) is 4.79 Å². The molecule has 2 rings (SSSR count). The molecule has 31 heavy (non-hydrogen) atoms. The van der Waals surface area contributed by atoms with Crippen molar-refractivity contribution in [1.82, 2.24) is 15.5 Å². The highest BCUT2D eigenvalue weighted by Crippen LogP contribution is 2.17. The average Bonchev–Trinajstić information content (AvgIpc) is 2.75. The Morgan fingerprint density at radius 1 is 1.32 bits per heavy atom. The van der Waals surface area contributed by atoms with Crippen LogP contribution in [0.1, 0.15) is 39.0 Å². The number of nitrogens with one attached hydrogen (secondary N) is 2. The molecule has 1 aromatic rings. The summed E-state index contributed by atoms with van der Waals surface area (Å²) >= 11 is 0. The molecule has 0 spiro atoms. The van der Waals surface area contributed by atoms with E-state index in [0.29, 0.717) is 12.3 Å². The van der Waals surface area contributed by atoms with Crippen LogP contribution in [0.15, 0.2) is 29.3 Å². The number of nitrogens with zero attached hydrogens (tertiary/aromatic N) is 2. The van der Waals surface area contributed by atoms with Crippen LogP contribution in [0.5, 0.6) is 5.75 Å². The number of carbonyl (C=O) groups excluding carboxylic acids is 1. The molecule has 0 saturated carbocycles. The number of unbranched alkanes of at least 4 members (excludes halogenated alkanes) is 1. The predicted octanol–water partition coefficient (Wildman–Crippen LogP) is 2.74. The van der Waals surface area contributed by atoms with Crippen LogP contribution in [0.2, 0.25) is 0 Å². The summed E-state index contributed by atoms with van der Waals surface area (Å²) in [5, 5.41) is 6.60. The molecule has 1 unspecified atom stereocenters. The number of rotatable bonds is 11. The van der Waals surface area contributed by atoms with E-state index in [1.807, 2.05) is 6.92 Å². The average molecular weight is 549 g/mol. The molecule has 0 radical (unpaired) electrons. The predicted molar refractivity (Wildman–Crippen MR) is 133 cm³/mol. The summed E-state index contributed by atoms with van der Waals surface area (Å²) in [4.78, 5) is 17.9. The van der Waals surface area contributed by atoms with Gasteiger partial charge >= 0.3 is 0 Å². The van der Waals surface area contributed by atoms with Gasteiger partial charge < -0.3 is 26.0 Å². The number of ether oxygens (including phenoxy) is 1. The molecule has 1 atom stereocenters. The number of nitrogens with two attached hydrogens (primary N) is 1. The Bertz CT molecular complexity index is 684. The van der Waals surface area contributed by atoms with E-state index in [2.05, 4.69) is 20.5 Å². The molecule has 1 aliphatic heterocycles. The molecule has 1 saturated heterocycles. The zero-order valence-corrected chi connectivity index (χ0v) is 20.9. The van der Waals surface area contributed by atoms with Crippen molar-refractivity contribution < 1.29 is 13.9 Å². The Hall–Kier alpha value is -1.62. The Kier molecular flexibility index (Phi) is 13.5. The van der Waals surface area contributed by atoms with Crippen LogP contribution in [0.3, 0.4) is 0 Å². The van der Waals surface area contributed by atoms with Gasteiger partial charge in [-0.2, -0.15) is 0 Å². The van der Waals surface area contributed by atoms with Gasteiger partial charge in [-0.1, -0.05) is 13.0 Å². The lowest BCUT2D eigenvalue weighted by Gasteiger charge is -2.30. The summed E-state index contributed by atoms with van der Waals surface area (Å²) in [5.74, 6) is 0.855. The Morgan fingerprint density at radius 3 is 2.68 bits per heavy atom. The van der Waals surface area contributed by atoms with Crippen molar-refractivity contribution in [1.29, 1.82) is 0 Å². The number of guanidine groups is 1. The zero-order valence-electron chi connectivity index (χ0n) is 18.6. The maximum atomic E-state index is 13.3. The molecule has 1 fully saturated rings. The van der Waals surface area contributed by atoms with Gasteiger partial charge in [0.05, 0.1) is 6.54 Å². The summed E-state index contributed by atoms with van der Waals surface area (Å²) in [6, 6.07) is 6.20. The maximum Gasteiger partial charge on any atom is 0.220 e. The molecule has 0 bridgehead atoms. The van der Waals surface area contributed by atoms with Gasteiger partial charge in [0, 0.05) is 25.6 Å². The van der Waals surface area contributed by atoms with Crippen molar-refractivity contribution in [3.05, 3.63) is 30.1 Å². The quantitative estimate of drug-likeness (QED) is 0.171. The molecule has 4 N–H and O–H groups in total. The first-order chi connectivity index (χ1) is 14.5. The van der Waals surface area contributed by atoms with E-state index in [0.717, 1.165) is 64.2 Å². The van der Waals surface area contributed by atoms with Crippen molar-refractivity contribution in [3.63, 3.8) is 0 Å². The molecule has 1 aliphatic rings. The lowest BCUT2D eigenvalue weighted by Crippen LogP contribution is -2.43. The third kappa shape index (κ3) is 10.5. The molecule has 1 amide bonds. The number of amides is 1. The molecule has 0 aromatic heterocycles. The third-order valence-corrected chi connectivity index (χ3v) is 5.46. The summed E-state index contributed by atoms with van der Waals surface area (Å²) in [7, 11) is 1.74. The standard InChI is InChI=1S/C22H36FN5O2.HI/c1-3-19(30-20-8-6-7-18(23)15-20)16-27-22(25-2)26-11-4-5-12-28-13-9-17(10-14-28)21(24)29;/h6-8,15,17,19H,3-5,9-14,16H2,1-2H3,(H2,24,29)(H2,25,26,27);1H. The SMILES string of the molecule is CCC(CNC(=NC)NCCCCN1CCC(C(N)=O)CC1)Oc1cccc(F)c1.I. The minimum atomic E-state index is -0.301. The monoisotopic (exact) mass is 549 g/mol. The smallest absolute Gasteiger partial charge is 0.220 e. The van der Waals surface area contributed by atoms with E-state index in [-0.39, 0.29) is 47.7 Å². The van der Waals surface area contributed by atoms with Crippen LogP contribution in [0.4, 0.5) is 4.39 Å². The number of hydrogen-bond acceptors (Lipinski definition) is 4. The van der Waals surface area contributed by atoms with Crippen molar-refractivity contribution in [2.75, 3.05) is 39.8 Å². The van der Waals surface area contributed by atoms with Gasteiger partial charge in [0.25, 0.3) is 0 Å². The summed E-state index contributed by atoms with van der Waals surface area (Å²) in [5.41, 5.74) is 5.38. The summed E-state index contributed by atoms with van der Waals surface area (Å²) in [6.07, 6.45) is 4.60. The largest absolute Gasteiger partial charge is 0.489 e. The van der Waals surface area contributed by atoms with Crippen LogP contribution < -0.4 is 21.1 Å². The van der Waals surface area contributed by atoms with E-state index >= 15 is 0 Å². The van der Waals surface area contributed by atoms with Crippen molar-refractivity contribution in [3.8, 4) is 5.75 Å². The van der Waals surface area contributed by atoms with Gasteiger partial charge in [0.15, 0.2) is 5.96 Å². The topological polar surface area (TPSA) is 92.0 Å². The number of hydrogen-bond donors (Lipinski definition) is 3. The van der Waals surface area contributed by atoms with E-state index < -0.39 is 0 Å². The van der Waals surface area contributed by atoms with Gasteiger partial charge in [-0.3, -0.25) is 9.79 Å². The van der Waals surface area contributed by atoms with Gasteiger partial charge in [-0.15, -0.1) is 24.0 Å². The van der Waals surface area contributed by atoms with E-state index in [1.54, 1.807) is 19.2 Å². The fourth-order valence-electron chi connectivity index (χ4n) is 3.54. The van der Waals surface area contributed by atoms with Gasteiger partial charge in [-0.25, -0.2) is 4.39 Å². The van der Waals surface area contributed by atoms with Gasteiger partial charge in [-0.05, 0) is 63.9 Å². The third-order valence-electron chi connectivity index (χ3n) is 5.46. The van der Waals surface area contributed by atoms with Crippen molar-refractivity contribution in [2.45, 2.75) is 45.1 Å².